The molecule has 0 aliphatic carbocycles. The Morgan fingerprint density at radius 1 is 0.964 bits per heavy atom. The van der Waals surface area contributed by atoms with Gasteiger partial charge < -0.3 is 23.7 Å². The molecule has 5 atom stereocenters. The van der Waals surface area contributed by atoms with Crippen molar-refractivity contribution in [3.8, 4) is 0 Å². The van der Waals surface area contributed by atoms with Crippen molar-refractivity contribution >= 4 is 10.1 Å². The van der Waals surface area contributed by atoms with Crippen LogP contribution in [0.2, 0.25) is 0 Å². The number of fused-ring (bicyclic) bond motifs is 1. The maximum Gasteiger partial charge on any atom is 0.297 e. The summed E-state index contributed by atoms with van der Waals surface area (Å²) in [7, 11) is -4.04. The van der Waals surface area contributed by atoms with Crippen LogP contribution >= 0.6 is 0 Å². The molecule has 4 rings (SSSR count). The Morgan fingerprint density at radius 2 is 1.64 bits per heavy atom. The van der Waals surface area contributed by atoms with Gasteiger partial charge in [0.15, 0.2) is 17.9 Å². The maximum atomic E-state index is 12.9. The fourth-order valence-electron chi connectivity index (χ4n) is 3.70. The Kier molecular flexibility index (Phi) is 4.86. The number of benzene rings is 1. The molecule has 3 fully saturated rings. The lowest BCUT2D eigenvalue weighted by atomic mass is 10.1. The highest BCUT2D eigenvalue weighted by Crippen LogP contribution is 2.42. The summed E-state index contributed by atoms with van der Waals surface area (Å²) in [4.78, 5) is 0.0717. The van der Waals surface area contributed by atoms with Gasteiger partial charge >= 0.3 is 0 Å². The molecule has 0 aromatic heterocycles. The van der Waals surface area contributed by atoms with Gasteiger partial charge in [0.05, 0.1) is 11.5 Å². The van der Waals surface area contributed by atoms with Gasteiger partial charge in [-0.15, -0.1) is 0 Å². The van der Waals surface area contributed by atoms with E-state index >= 15 is 0 Å². The molecule has 3 heterocycles. The summed E-state index contributed by atoms with van der Waals surface area (Å²) in [5.41, 5.74) is 0.953. The molecular weight excluding hydrogens is 388 g/mol. The van der Waals surface area contributed by atoms with Crippen LogP contribution in [0.15, 0.2) is 29.2 Å². The van der Waals surface area contributed by atoms with Crippen LogP contribution in [0.5, 0.6) is 0 Å². The van der Waals surface area contributed by atoms with Crippen molar-refractivity contribution in [3.63, 3.8) is 0 Å². The van der Waals surface area contributed by atoms with E-state index in [4.69, 9.17) is 27.9 Å². The average molecular weight is 414 g/mol. The Hall–Kier alpha value is -1.07. The van der Waals surface area contributed by atoms with Gasteiger partial charge in [-0.1, -0.05) is 17.7 Å². The quantitative estimate of drug-likeness (QED) is 0.692. The monoisotopic (exact) mass is 414 g/mol. The fraction of sp³-hybridized carbons (Fsp3) is 0.684. The molecule has 0 amide bonds. The van der Waals surface area contributed by atoms with Gasteiger partial charge in [-0.05, 0) is 46.8 Å². The van der Waals surface area contributed by atoms with Crippen LogP contribution < -0.4 is 0 Å². The predicted octanol–water partition coefficient (Wildman–Crippen LogP) is 2.10. The SMILES string of the molecule is Cc1ccc(S(=O)(=O)O[C@H]2[C@@H]3OC(C)(C)O[C@@H]3O[C@H]2[C@H]2COC(C)(C)O2)cc1. The zero-order valence-electron chi connectivity index (χ0n) is 16.6. The van der Waals surface area contributed by atoms with Gasteiger partial charge in [-0.3, -0.25) is 4.18 Å². The molecule has 0 unspecified atom stereocenters. The van der Waals surface area contributed by atoms with Gasteiger partial charge in [0.1, 0.15) is 24.4 Å². The largest absolute Gasteiger partial charge is 0.348 e. The van der Waals surface area contributed by atoms with E-state index in [2.05, 4.69) is 0 Å². The molecule has 1 aromatic carbocycles. The summed E-state index contributed by atoms with van der Waals surface area (Å²) in [6.07, 6.45) is -3.60. The molecule has 9 heteroatoms. The Bertz CT molecular complexity index is 832. The van der Waals surface area contributed by atoms with Crippen LogP contribution in [0.1, 0.15) is 33.3 Å². The van der Waals surface area contributed by atoms with Crippen molar-refractivity contribution in [2.75, 3.05) is 6.61 Å². The molecule has 28 heavy (non-hydrogen) atoms. The van der Waals surface area contributed by atoms with E-state index < -0.39 is 52.4 Å². The van der Waals surface area contributed by atoms with Gasteiger partial charge in [0.2, 0.25) is 0 Å². The summed E-state index contributed by atoms with van der Waals surface area (Å²) in [5.74, 6) is -1.69. The first kappa shape index (κ1) is 20.2. The van der Waals surface area contributed by atoms with Crippen LogP contribution in [0.4, 0.5) is 0 Å². The summed E-state index contributed by atoms with van der Waals surface area (Å²) < 4.78 is 60.5. The molecule has 156 valence electrons. The van der Waals surface area contributed by atoms with Crippen LogP contribution in [0.3, 0.4) is 0 Å². The Morgan fingerprint density at radius 3 is 2.25 bits per heavy atom. The van der Waals surface area contributed by atoms with Gasteiger partial charge in [0, 0.05) is 0 Å². The maximum absolute atomic E-state index is 12.9. The summed E-state index contributed by atoms with van der Waals surface area (Å²) in [6.45, 7) is 9.20. The Labute approximate surface area is 165 Å². The molecule has 0 N–H and O–H groups in total. The molecule has 3 aliphatic rings. The van der Waals surface area contributed by atoms with Crippen molar-refractivity contribution < 1.29 is 36.3 Å². The summed E-state index contributed by atoms with van der Waals surface area (Å²) >= 11 is 0. The minimum atomic E-state index is -4.04. The third-order valence-corrected chi connectivity index (χ3v) is 6.30. The smallest absolute Gasteiger partial charge is 0.297 e. The molecular formula is C19H26O8S. The molecule has 0 spiro atoms. The van der Waals surface area contributed by atoms with Gasteiger partial charge in [0.25, 0.3) is 10.1 Å². The van der Waals surface area contributed by atoms with E-state index in [9.17, 15) is 8.42 Å². The second kappa shape index (κ2) is 6.73. The topological polar surface area (TPSA) is 89.5 Å². The fourth-order valence-corrected chi connectivity index (χ4v) is 4.79. The van der Waals surface area contributed by atoms with E-state index in [1.165, 1.54) is 12.1 Å². The second-order valence-electron chi connectivity index (χ2n) is 8.26. The van der Waals surface area contributed by atoms with Gasteiger partial charge in [-0.25, -0.2) is 0 Å². The van der Waals surface area contributed by atoms with E-state index in [-0.39, 0.29) is 11.5 Å². The normalized spacial score (nSPS) is 36.5. The first-order valence-electron chi connectivity index (χ1n) is 9.29. The Balaban J connectivity index is 1.61. The van der Waals surface area contributed by atoms with Crippen LogP contribution in [-0.4, -0.2) is 57.3 Å². The number of hydrogen-bond donors (Lipinski definition) is 0. The lowest BCUT2D eigenvalue weighted by Crippen LogP contribution is -2.45. The van der Waals surface area contributed by atoms with Crippen molar-refractivity contribution in [1.82, 2.24) is 0 Å². The molecule has 3 saturated heterocycles. The third-order valence-electron chi connectivity index (χ3n) is 4.97. The highest BCUT2D eigenvalue weighted by atomic mass is 32.2. The zero-order chi connectivity index (χ0) is 20.3. The van der Waals surface area contributed by atoms with Crippen LogP contribution in [-0.2, 0) is 38.0 Å². The van der Waals surface area contributed by atoms with Crippen LogP contribution in [0, 0.1) is 6.92 Å². The van der Waals surface area contributed by atoms with E-state index in [1.54, 1.807) is 39.8 Å². The van der Waals surface area contributed by atoms with Gasteiger partial charge in [-0.2, -0.15) is 8.42 Å². The van der Waals surface area contributed by atoms with Crippen molar-refractivity contribution in [2.24, 2.45) is 0 Å². The average Bonchev–Trinajstić information content (AvgIpc) is 3.18. The lowest BCUT2D eigenvalue weighted by molar-refractivity contribution is -0.230. The van der Waals surface area contributed by atoms with Crippen molar-refractivity contribution in [3.05, 3.63) is 29.8 Å². The van der Waals surface area contributed by atoms with Crippen molar-refractivity contribution in [2.45, 2.75) is 81.8 Å². The summed E-state index contributed by atoms with van der Waals surface area (Å²) in [6, 6.07) is 6.47. The molecule has 1 aromatic rings. The number of ether oxygens (including phenoxy) is 5. The zero-order valence-corrected chi connectivity index (χ0v) is 17.4. The number of hydrogen-bond acceptors (Lipinski definition) is 8. The van der Waals surface area contributed by atoms with E-state index in [1.807, 2.05) is 6.92 Å². The number of aryl methyl sites for hydroxylation is 1. The summed E-state index contributed by atoms with van der Waals surface area (Å²) in [5, 5.41) is 0. The first-order chi connectivity index (χ1) is 13.0. The highest BCUT2D eigenvalue weighted by Gasteiger charge is 2.60. The minimum absolute atomic E-state index is 0.0717. The third kappa shape index (κ3) is 3.85. The second-order valence-corrected chi connectivity index (χ2v) is 9.84. The minimum Gasteiger partial charge on any atom is -0.348 e. The highest BCUT2D eigenvalue weighted by molar-refractivity contribution is 7.86. The lowest BCUT2D eigenvalue weighted by Gasteiger charge is -2.28. The van der Waals surface area contributed by atoms with Crippen LogP contribution in [0.25, 0.3) is 0 Å². The molecule has 0 radical (unpaired) electrons. The molecule has 3 aliphatic heterocycles. The molecule has 8 nitrogen and oxygen atoms in total. The molecule has 0 bridgehead atoms. The van der Waals surface area contributed by atoms with E-state index in [0.717, 1.165) is 5.56 Å². The number of rotatable bonds is 4. The standard InChI is InChI=1S/C19H26O8S/c1-11-6-8-12(9-7-11)28(20,21)27-15-14(13-10-22-18(2,3)24-13)23-17-16(15)25-19(4,5)26-17/h6-9,13-17H,10H2,1-5H3/t13-,14+,15-,16+,17+/m1/s1. The van der Waals surface area contributed by atoms with Crippen molar-refractivity contribution in [1.29, 1.82) is 0 Å². The molecule has 0 saturated carbocycles. The first-order valence-corrected chi connectivity index (χ1v) is 10.7. The predicted molar refractivity (Wildman–Crippen MR) is 96.8 cm³/mol. The van der Waals surface area contributed by atoms with E-state index in [0.29, 0.717) is 0 Å².